The Kier molecular flexibility index (Phi) is 2.51. The lowest BCUT2D eigenvalue weighted by molar-refractivity contribution is 0.406. The van der Waals surface area contributed by atoms with Crippen LogP contribution in [-0.4, -0.2) is 6.54 Å². The van der Waals surface area contributed by atoms with Crippen LogP contribution in [0.25, 0.3) is 0 Å². The molecule has 1 aliphatic rings. The quantitative estimate of drug-likeness (QED) is 0.753. The van der Waals surface area contributed by atoms with Gasteiger partial charge in [0.2, 0.25) is 0 Å². The van der Waals surface area contributed by atoms with E-state index in [0.29, 0.717) is 11.1 Å². The van der Waals surface area contributed by atoms with E-state index in [1.165, 1.54) is 12.1 Å². The third-order valence-corrected chi connectivity index (χ3v) is 3.21. The summed E-state index contributed by atoms with van der Waals surface area (Å²) in [6, 6.07) is 2.60. The third kappa shape index (κ3) is 1.76. The van der Waals surface area contributed by atoms with E-state index in [1.807, 2.05) is 6.92 Å². The number of hydrogen-bond acceptors (Lipinski definition) is 1. The van der Waals surface area contributed by atoms with Crippen LogP contribution in [0, 0.1) is 18.6 Å². The van der Waals surface area contributed by atoms with E-state index in [-0.39, 0.29) is 11.6 Å². The Morgan fingerprint density at radius 2 is 2.00 bits per heavy atom. The van der Waals surface area contributed by atoms with Gasteiger partial charge in [-0.1, -0.05) is 0 Å². The maximum absolute atomic E-state index is 13.7. The van der Waals surface area contributed by atoms with Gasteiger partial charge in [0.05, 0.1) is 0 Å². The molecule has 15 heavy (non-hydrogen) atoms. The molecule has 1 aliphatic heterocycles. The molecule has 1 heterocycles. The Morgan fingerprint density at radius 3 is 2.60 bits per heavy atom. The van der Waals surface area contributed by atoms with Crippen LogP contribution in [0.3, 0.4) is 0 Å². The summed E-state index contributed by atoms with van der Waals surface area (Å²) < 4.78 is 27.1. The van der Waals surface area contributed by atoms with Gasteiger partial charge in [0.1, 0.15) is 11.6 Å². The molecule has 1 fully saturated rings. The lowest BCUT2D eigenvalue weighted by atomic mass is 9.89. The summed E-state index contributed by atoms with van der Waals surface area (Å²) in [6.45, 7) is 4.37. The molecule has 1 N–H and O–H groups in total. The fraction of sp³-hybridized carbons (Fsp3) is 0.500. The van der Waals surface area contributed by atoms with Crippen LogP contribution in [0.2, 0.25) is 0 Å². The minimum Gasteiger partial charge on any atom is -0.308 e. The summed E-state index contributed by atoms with van der Waals surface area (Å²) in [5.74, 6) is -0.646. The van der Waals surface area contributed by atoms with Crippen molar-refractivity contribution in [1.29, 1.82) is 0 Å². The first-order valence-electron chi connectivity index (χ1n) is 5.24. The normalized spacial score (nSPS) is 25.9. The van der Waals surface area contributed by atoms with Crippen molar-refractivity contribution in [3.8, 4) is 0 Å². The average Bonchev–Trinajstić information content (AvgIpc) is 2.60. The van der Waals surface area contributed by atoms with Crippen LogP contribution in [0.4, 0.5) is 8.78 Å². The van der Waals surface area contributed by atoms with Crippen LogP contribution in [0.1, 0.15) is 30.9 Å². The number of hydrogen-bond donors (Lipinski definition) is 1. The molecule has 2 rings (SSSR count). The van der Waals surface area contributed by atoms with Gasteiger partial charge in [-0.3, -0.25) is 0 Å². The van der Waals surface area contributed by atoms with Gasteiger partial charge in [0.15, 0.2) is 0 Å². The van der Waals surface area contributed by atoms with Gasteiger partial charge in [-0.2, -0.15) is 0 Å². The summed E-state index contributed by atoms with van der Waals surface area (Å²) in [5, 5.41) is 3.23. The molecule has 1 aromatic carbocycles. The van der Waals surface area contributed by atoms with Crippen LogP contribution < -0.4 is 5.32 Å². The summed E-state index contributed by atoms with van der Waals surface area (Å²) in [4.78, 5) is 0. The van der Waals surface area contributed by atoms with Crippen molar-refractivity contribution in [1.82, 2.24) is 5.32 Å². The molecule has 3 heteroatoms. The summed E-state index contributed by atoms with van der Waals surface area (Å²) >= 11 is 0. The minimum absolute atomic E-state index is 0.314. The van der Waals surface area contributed by atoms with Crippen molar-refractivity contribution < 1.29 is 8.78 Å². The SMILES string of the molecule is Cc1cc(F)c(C2(C)CCCN2)cc1F. The van der Waals surface area contributed by atoms with Gasteiger partial charge in [0.25, 0.3) is 0 Å². The Morgan fingerprint density at radius 1 is 1.27 bits per heavy atom. The van der Waals surface area contributed by atoms with E-state index >= 15 is 0 Å². The highest BCUT2D eigenvalue weighted by atomic mass is 19.1. The topological polar surface area (TPSA) is 12.0 Å². The fourth-order valence-corrected chi connectivity index (χ4v) is 2.19. The van der Waals surface area contributed by atoms with Gasteiger partial charge < -0.3 is 5.32 Å². The van der Waals surface area contributed by atoms with E-state index in [2.05, 4.69) is 5.32 Å². The van der Waals surface area contributed by atoms with Gasteiger partial charge in [-0.25, -0.2) is 8.78 Å². The van der Waals surface area contributed by atoms with E-state index in [9.17, 15) is 8.78 Å². The molecule has 1 nitrogen and oxygen atoms in total. The van der Waals surface area contributed by atoms with E-state index in [0.717, 1.165) is 19.4 Å². The smallest absolute Gasteiger partial charge is 0.128 e. The first-order valence-corrected chi connectivity index (χ1v) is 5.24. The predicted molar refractivity (Wildman–Crippen MR) is 55.7 cm³/mol. The zero-order chi connectivity index (χ0) is 11.1. The predicted octanol–water partition coefficient (Wildman–Crippen LogP) is 2.87. The molecule has 1 atom stereocenters. The lowest BCUT2D eigenvalue weighted by Gasteiger charge is -2.25. The summed E-state index contributed by atoms with van der Waals surface area (Å²) in [5.41, 5.74) is 0.402. The third-order valence-electron chi connectivity index (χ3n) is 3.21. The first kappa shape index (κ1) is 10.6. The summed E-state index contributed by atoms with van der Waals surface area (Å²) in [7, 11) is 0. The molecule has 0 amide bonds. The lowest BCUT2D eigenvalue weighted by Crippen LogP contribution is -2.34. The second kappa shape index (κ2) is 3.56. The second-order valence-corrected chi connectivity index (χ2v) is 4.44. The molecule has 0 aliphatic carbocycles. The molecule has 1 saturated heterocycles. The maximum Gasteiger partial charge on any atom is 0.128 e. The number of nitrogens with one attached hydrogen (secondary N) is 1. The maximum atomic E-state index is 13.7. The molecule has 0 radical (unpaired) electrons. The van der Waals surface area contributed by atoms with Crippen LogP contribution in [0.5, 0.6) is 0 Å². The van der Waals surface area contributed by atoms with Crippen molar-refractivity contribution in [2.24, 2.45) is 0 Å². The van der Waals surface area contributed by atoms with Crippen molar-refractivity contribution in [2.75, 3.05) is 6.54 Å². The molecule has 0 bridgehead atoms. The van der Waals surface area contributed by atoms with Crippen molar-refractivity contribution in [3.05, 3.63) is 34.9 Å². The van der Waals surface area contributed by atoms with Crippen molar-refractivity contribution >= 4 is 0 Å². The highest BCUT2D eigenvalue weighted by molar-refractivity contribution is 5.31. The average molecular weight is 211 g/mol. The summed E-state index contributed by atoms with van der Waals surface area (Å²) in [6.07, 6.45) is 1.86. The Bertz CT molecular complexity index is 381. The first-order chi connectivity index (χ1) is 7.03. The molecule has 0 aromatic heterocycles. The molecule has 0 saturated carbocycles. The van der Waals surface area contributed by atoms with Crippen molar-refractivity contribution in [3.63, 3.8) is 0 Å². The second-order valence-electron chi connectivity index (χ2n) is 4.44. The van der Waals surface area contributed by atoms with Crippen LogP contribution >= 0.6 is 0 Å². The largest absolute Gasteiger partial charge is 0.308 e. The monoisotopic (exact) mass is 211 g/mol. The molecule has 1 unspecified atom stereocenters. The number of halogens is 2. The van der Waals surface area contributed by atoms with Gasteiger partial charge in [0, 0.05) is 11.1 Å². The van der Waals surface area contributed by atoms with Gasteiger partial charge >= 0.3 is 0 Å². The molecule has 1 aromatic rings. The van der Waals surface area contributed by atoms with Crippen LogP contribution in [0.15, 0.2) is 12.1 Å². The minimum atomic E-state index is -0.404. The zero-order valence-electron chi connectivity index (χ0n) is 9.03. The van der Waals surface area contributed by atoms with Gasteiger partial charge in [-0.05, 0) is 50.9 Å². The standard InChI is InChI=1S/C12H15F2N/c1-8-6-11(14)9(7-10(8)13)12(2)4-3-5-15-12/h6-7,15H,3-5H2,1-2H3. The van der Waals surface area contributed by atoms with Crippen molar-refractivity contribution in [2.45, 2.75) is 32.2 Å². The highest BCUT2D eigenvalue weighted by Gasteiger charge is 2.32. The van der Waals surface area contributed by atoms with Gasteiger partial charge in [-0.15, -0.1) is 0 Å². The number of aryl methyl sites for hydroxylation is 1. The Labute approximate surface area is 88.5 Å². The molecular formula is C12H15F2N. The molecule has 0 spiro atoms. The molecule has 82 valence electrons. The van der Waals surface area contributed by atoms with Crippen LogP contribution in [-0.2, 0) is 5.54 Å². The Hall–Kier alpha value is -0.960. The molecular weight excluding hydrogens is 196 g/mol. The fourth-order valence-electron chi connectivity index (χ4n) is 2.19. The van der Waals surface area contributed by atoms with E-state index in [4.69, 9.17) is 0 Å². The number of benzene rings is 1. The van der Waals surface area contributed by atoms with E-state index < -0.39 is 5.54 Å². The van der Waals surface area contributed by atoms with E-state index in [1.54, 1.807) is 6.92 Å². The highest BCUT2D eigenvalue weighted by Crippen LogP contribution is 2.32. The Balaban J connectivity index is 2.48. The zero-order valence-corrected chi connectivity index (χ0v) is 9.03. The number of rotatable bonds is 1.